The van der Waals surface area contributed by atoms with Gasteiger partial charge in [0.1, 0.15) is 11.3 Å². The highest BCUT2D eigenvalue weighted by Gasteiger charge is 2.15. The van der Waals surface area contributed by atoms with Crippen molar-refractivity contribution in [3.8, 4) is 11.5 Å². The van der Waals surface area contributed by atoms with Crippen LogP contribution >= 0.6 is 0 Å². The number of hydrogen-bond donors (Lipinski definition) is 1. The Hall–Kier alpha value is -2.95. The number of ether oxygens (including phenoxy) is 2. The molecule has 5 nitrogen and oxygen atoms in total. The van der Waals surface area contributed by atoms with Gasteiger partial charge in [0.2, 0.25) is 0 Å². The summed E-state index contributed by atoms with van der Waals surface area (Å²) in [6.07, 6.45) is 0. The zero-order valence-electron chi connectivity index (χ0n) is 13.6. The number of carbonyl (C=O) groups excluding carboxylic acids is 1. The van der Waals surface area contributed by atoms with Gasteiger partial charge in [0.15, 0.2) is 18.1 Å². The molecule has 0 aliphatic heterocycles. The third kappa shape index (κ3) is 3.51. The average Bonchev–Trinajstić information content (AvgIpc) is 3.04. The van der Waals surface area contributed by atoms with Crippen LogP contribution < -0.4 is 14.8 Å². The summed E-state index contributed by atoms with van der Waals surface area (Å²) in [4.78, 5) is 12.1. The topological polar surface area (TPSA) is 60.7 Å². The molecular formula is C19H19NO4. The predicted molar refractivity (Wildman–Crippen MR) is 91.3 cm³/mol. The maximum absolute atomic E-state index is 12.1. The predicted octanol–water partition coefficient (Wildman–Crippen LogP) is 3.70. The molecule has 1 aromatic heterocycles. The molecule has 0 unspecified atom stereocenters. The van der Waals surface area contributed by atoms with Crippen molar-refractivity contribution in [2.75, 3.05) is 13.7 Å². The summed E-state index contributed by atoms with van der Waals surface area (Å²) >= 11 is 0. The molecule has 0 radical (unpaired) electrons. The molecule has 0 aliphatic rings. The minimum atomic E-state index is -0.244. The Labute approximate surface area is 140 Å². The number of methoxy groups -OCH3 is 1. The second-order valence-electron chi connectivity index (χ2n) is 5.42. The summed E-state index contributed by atoms with van der Waals surface area (Å²) in [5.74, 6) is 1.61. The fourth-order valence-corrected chi connectivity index (χ4v) is 2.45. The lowest BCUT2D eigenvalue weighted by atomic mass is 10.2. The Morgan fingerprint density at radius 3 is 2.58 bits per heavy atom. The van der Waals surface area contributed by atoms with Crippen molar-refractivity contribution in [3.63, 3.8) is 0 Å². The normalized spacial score (nSPS) is 11.9. The zero-order valence-corrected chi connectivity index (χ0v) is 13.6. The first-order valence-electron chi connectivity index (χ1n) is 7.71. The number of fused-ring (bicyclic) bond motifs is 1. The maximum atomic E-state index is 12.1. The summed E-state index contributed by atoms with van der Waals surface area (Å²) < 4.78 is 16.5. The number of para-hydroxylation sites is 3. The SMILES string of the molecule is COc1ccccc1OCC(=O)N[C@H](C)c1cc2ccccc2o1. The highest BCUT2D eigenvalue weighted by atomic mass is 16.5. The first-order chi connectivity index (χ1) is 11.7. The van der Waals surface area contributed by atoms with Gasteiger partial charge in [0, 0.05) is 5.39 Å². The van der Waals surface area contributed by atoms with Gasteiger partial charge in [0.05, 0.1) is 13.2 Å². The van der Waals surface area contributed by atoms with E-state index in [9.17, 15) is 4.79 Å². The van der Waals surface area contributed by atoms with Gasteiger partial charge < -0.3 is 19.2 Å². The van der Waals surface area contributed by atoms with Gasteiger partial charge in [0.25, 0.3) is 5.91 Å². The van der Waals surface area contributed by atoms with E-state index in [1.807, 2.05) is 49.4 Å². The van der Waals surface area contributed by atoms with E-state index >= 15 is 0 Å². The highest BCUT2D eigenvalue weighted by molar-refractivity contribution is 5.79. The smallest absolute Gasteiger partial charge is 0.258 e. The minimum absolute atomic E-state index is 0.0923. The molecule has 24 heavy (non-hydrogen) atoms. The van der Waals surface area contributed by atoms with Gasteiger partial charge in [-0.1, -0.05) is 30.3 Å². The molecule has 1 N–H and O–H groups in total. The number of benzene rings is 2. The molecule has 0 bridgehead atoms. The summed E-state index contributed by atoms with van der Waals surface area (Å²) in [5.41, 5.74) is 0.805. The van der Waals surface area contributed by atoms with Gasteiger partial charge in [-0.3, -0.25) is 4.79 Å². The largest absolute Gasteiger partial charge is 0.493 e. The number of rotatable bonds is 6. The Bertz CT molecular complexity index is 807. The van der Waals surface area contributed by atoms with Crippen LogP contribution in [0.15, 0.2) is 59.0 Å². The van der Waals surface area contributed by atoms with Gasteiger partial charge in [-0.15, -0.1) is 0 Å². The van der Waals surface area contributed by atoms with Crippen molar-refractivity contribution < 1.29 is 18.7 Å². The van der Waals surface area contributed by atoms with Crippen molar-refractivity contribution in [2.24, 2.45) is 0 Å². The average molecular weight is 325 g/mol. The van der Waals surface area contributed by atoms with Crippen LogP contribution in [0.2, 0.25) is 0 Å². The fraction of sp³-hybridized carbons (Fsp3) is 0.211. The minimum Gasteiger partial charge on any atom is -0.493 e. The van der Waals surface area contributed by atoms with Crippen LogP contribution in [0.4, 0.5) is 0 Å². The highest BCUT2D eigenvalue weighted by Crippen LogP contribution is 2.26. The molecule has 1 amide bonds. The van der Waals surface area contributed by atoms with Crippen LogP contribution in [-0.4, -0.2) is 19.6 Å². The van der Waals surface area contributed by atoms with Crippen LogP contribution in [0.3, 0.4) is 0 Å². The molecule has 5 heteroatoms. The Morgan fingerprint density at radius 1 is 1.12 bits per heavy atom. The van der Waals surface area contributed by atoms with E-state index in [1.54, 1.807) is 19.2 Å². The molecule has 0 fully saturated rings. The summed E-state index contributed by atoms with van der Waals surface area (Å²) in [6, 6.07) is 16.6. The Kier molecular flexibility index (Phi) is 4.70. The second-order valence-corrected chi connectivity index (χ2v) is 5.42. The molecule has 0 aliphatic carbocycles. The lowest BCUT2D eigenvalue weighted by molar-refractivity contribution is -0.123. The van der Waals surface area contributed by atoms with Crippen molar-refractivity contribution in [2.45, 2.75) is 13.0 Å². The number of hydrogen-bond acceptors (Lipinski definition) is 4. The summed E-state index contributed by atoms with van der Waals surface area (Å²) in [6.45, 7) is 1.78. The van der Waals surface area contributed by atoms with Crippen LogP contribution in [0, 0.1) is 0 Å². The summed E-state index contributed by atoms with van der Waals surface area (Å²) in [7, 11) is 1.56. The number of amides is 1. The molecule has 3 rings (SSSR count). The molecule has 3 aromatic rings. The second kappa shape index (κ2) is 7.08. The third-order valence-corrected chi connectivity index (χ3v) is 3.68. The molecule has 124 valence electrons. The van der Waals surface area contributed by atoms with Gasteiger partial charge in [-0.05, 0) is 31.2 Å². The molecule has 0 spiro atoms. The Balaban J connectivity index is 1.60. The third-order valence-electron chi connectivity index (χ3n) is 3.68. The standard InChI is InChI=1S/C19H19NO4/c1-13(18-11-14-7-3-4-8-15(14)24-18)20-19(21)12-23-17-10-6-5-9-16(17)22-2/h3-11,13H,12H2,1-2H3,(H,20,21)/t13-/m1/s1. The summed E-state index contributed by atoms with van der Waals surface area (Å²) in [5, 5.41) is 3.88. The van der Waals surface area contributed by atoms with E-state index in [0.29, 0.717) is 17.3 Å². The molecular weight excluding hydrogens is 306 g/mol. The molecule has 0 saturated heterocycles. The Morgan fingerprint density at radius 2 is 1.83 bits per heavy atom. The van der Waals surface area contributed by atoms with E-state index in [1.165, 1.54) is 0 Å². The van der Waals surface area contributed by atoms with E-state index < -0.39 is 0 Å². The van der Waals surface area contributed by atoms with Crippen LogP contribution in [-0.2, 0) is 4.79 Å². The quantitative estimate of drug-likeness (QED) is 0.751. The van der Waals surface area contributed by atoms with Crippen LogP contribution in [0.5, 0.6) is 11.5 Å². The maximum Gasteiger partial charge on any atom is 0.258 e. The van der Waals surface area contributed by atoms with Crippen LogP contribution in [0.1, 0.15) is 18.7 Å². The number of carbonyl (C=O) groups is 1. The zero-order chi connectivity index (χ0) is 16.9. The lowest BCUT2D eigenvalue weighted by Gasteiger charge is -2.13. The van der Waals surface area contributed by atoms with Crippen molar-refractivity contribution >= 4 is 16.9 Å². The lowest BCUT2D eigenvalue weighted by Crippen LogP contribution is -2.31. The van der Waals surface area contributed by atoms with Gasteiger partial charge in [-0.25, -0.2) is 0 Å². The molecule has 0 saturated carbocycles. The van der Waals surface area contributed by atoms with E-state index in [-0.39, 0.29) is 18.6 Å². The molecule has 1 heterocycles. The van der Waals surface area contributed by atoms with E-state index in [2.05, 4.69) is 5.32 Å². The fourth-order valence-electron chi connectivity index (χ4n) is 2.45. The molecule has 1 atom stereocenters. The first kappa shape index (κ1) is 15.9. The number of nitrogens with one attached hydrogen (secondary N) is 1. The first-order valence-corrected chi connectivity index (χ1v) is 7.71. The van der Waals surface area contributed by atoms with Crippen LogP contribution in [0.25, 0.3) is 11.0 Å². The monoisotopic (exact) mass is 325 g/mol. The van der Waals surface area contributed by atoms with E-state index in [4.69, 9.17) is 13.9 Å². The van der Waals surface area contributed by atoms with Gasteiger partial charge in [-0.2, -0.15) is 0 Å². The number of furan rings is 1. The van der Waals surface area contributed by atoms with Crippen molar-refractivity contribution in [3.05, 3.63) is 60.4 Å². The van der Waals surface area contributed by atoms with Crippen molar-refractivity contribution in [1.29, 1.82) is 0 Å². The van der Waals surface area contributed by atoms with Crippen molar-refractivity contribution in [1.82, 2.24) is 5.32 Å². The van der Waals surface area contributed by atoms with E-state index in [0.717, 1.165) is 11.0 Å². The van der Waals surface area contributed by atoms with Gasteiger partial charge >= 0.3 is 0 Å². The molecule has 2 aromatic carbocycles.